The van der Waals surface area contributed by atoms with Crippen molar-refractivity contribution in [3.63, 3.8) is 0 Å². The molecule has 3 nitrogen and oxygen atoms in total. The standard InChI is InChI=1S/C9H14ClN3/c10-8-6-12-13(5-1-4-11)9(8)7-2-3-7/h6-7H,1-5,11H2. The van der Waals surface area contributed by atoms with Crippen molar-refractivity contribution in [1.29, 1.82) is 0 Å². The van der Waals surface area contributed by atoms with Gasteiger partial charge in [0.05, 0.1) is 16.9 Å². The maximum Gasteiger partial charge on any atom is 0.0820 e. The number of nitrogens with two attached hydrogens (primary N) is 1. The minimum absolute atomic E-state index is 0.660. The first kappa shape index (κ1) is 9.03. The fourth-order valence-corrected chi connectivity index (χ4v) is 1.85. The van der Waals surface area contributed by atoms with E-state index in [2.05, 4.69) is 5.10 Å². The molecule has 4 heteroatoms. The van der Waals surface area contributed by atoms with E-state index in [0.29, 0.717) is 12.5 Å². The van der Waals surface area contributed by atoms with Crippen molar-refractivity contribution in [1.82, 2.24) is 9.78 Å². The van der Waals surface area contributed by atoms with Gasteiger partial charge in [-0.15, -0.1) is 0 Å². The van der Waals surface area contributed by atoms with Crippen LogP contribution < -0.4 is 5.73 Å². The molecule has 1 aliphatic carbocycles. The molecule has 1 aromatic rings. The molecular formula is C9H14ClN3. The molecule has 0 radical (unpaired) electrons. The number of nitrogens with zero attached hydrogens (tertiary/aromatic N) is 2. The Morgan fingerprint density at radius 1 is 1.62 bits per heavy atom. The molecule has 0 aliphatic heterocycles. The molecule has 0 unspecified atom stereocenters. The summed E-state index contributed by atoms with van der Waals surface area (Å²) in [4.78, 5) is 0. The highest BCUT2D eigenvalue weighted by molar-refractivity contribution is 6.31. The number of hydrogen-bond acceptors (Lipinski definition) is 2. The van der Waals surface area contributed by atoms with Crippen molar-refractivity contribution in [3.05, 3.63) is 16.9 Å². The third kappa shape index (κ3) is 1.86. The summed E-state index contributed by atoms with van der Waals surface area (Å²) < 4.78 is 2.01. The van der Waals surface area contributed by atoms with E-state index in [1.807, 2.05) is 4.68 Å². The van der Waals surface area contributed by atoms with Crippen LogP contribution >= 0.6 is 11.6 Å². The topological polar surface area (TPSA) is 43.8 Å². The fraction of sp³-hybridized carbons (Fsp3) is 0.667. The van der Waals surface area contributed by atoms with Gasteiger partial charge in [0.1, 0.15) is 0 Å². The van der Waals surface area contributed by atoms with Crippen LogP contribution in [-0.2, 0) is 6.54 Å². The van der Waals surface area contributed by atoms with Crippen molar-refractivity contribution in [2.45, 2.75) is 31.7 Å². The van der Waals surface area contributed by atoms with Crippen LogP contribution in [0.5, 0.6) is 0 Å². The molecule has 0 amide bonds. The van der Waals surface area contributed by atoms with E-state index >= 15 is 0 Å². The van der Waals surface area contributed by atoms with Crippen molar-refractivity contribution in [2.75, 3.05) is 6.54 Å². The highest BCUT2D eigenvalue weighted by atomic mass is 35.5. The number of rotatable bonds is 4. The molecule has 1 saturated carbocycles. The van der Waals surface area contributed by atoms with Gasteiger partial charge in [0.15, 0.2) is 0 Å². The molecule has 1 fully saturated rings. The molecule has 1 aliphatic rings. The predicted molar refractivity (Wildman–Crippen MR) is 52.9 cm³/mol. The first-order valence-electron chi connectivity index (χ1n) is 4.74. The Morgan fingerprint density at radius 2 is 2.38 bits per heavy atom. The Bertz CT molecular complexity index is 291. The van der Waals surface area contributed by atoms with Gasteiger partial charge in [-0.2, -0.15) is 5.10 Å². The molecule has 0 saturated heterocycles. The highest BCUT2D eigenvalue weighted by Gasteiger charge is 2.29. The molecule has 0 aromatic carbocycles. The SMILES string of the molecule is NCCCn1ncc(Cl)c1C1CC1. The van der Waals surface area contributed by atoms with Crippen LogP contribution in [-0.4, -0.2) is 16.3 Å². The molecule has 0 bridgehead atoms. The minimum atomic E-state index is 0.660. The third-order valence-electron chi connectivity index (χ3n) is 2.37. The van der Waals surface area contributed by atoms with Crippen molar-refractivity contribution in [2.24, 2.45) is 5.73 Å². The van der Waals surface area contributed by atoms with E-state index in [-0.39, 0.29) is 0 Å². The van der Waals surface area contributed by atoms with Crippen LogP contribution in [0.4, 0.5) is 0 Å². The lowest BCUT2D eigenvalue weighted by Crippen LogP contribution is -2.09. The Kier molecular flexibility index (Phi) is 2.56. The van der Waals surface area contributed by atoms with Gasteiger partial charge in [-0.05, 0) is 25.8 Å². The lowest BCUT2D eigenvalue weighted by molar-refractivity contribution is 0.560. The van der Waals surface area contributed by atoms with Gasteiger partial charge in [0.2, 0.25) is 0 Å². The Balaban J connectivity index is 2.13. The van der Waals surface area contributed by atoms with Gasteiger partial charge in [-0.25, -0.2) is 0 Å². The summed E-state index contributed by atoms with van der Waals surface area (Å²) in [6, 6.07) is 0. The maximum atomic E-state index is 6.04. The van der Waals surface area contributed by atoms with Gasteiger partial charge >= 0.3 is 0 Å². The van der Waals surface area contributed by atoms with Crippen LogP contribution in [0.3, 0.4) is 0 Å². The van der Waals surface area contributed by atoms with E-state index < -0.39 is 0 Å². The lowest BCUT2D eigenvalue weighted by atomic mass is 10.3. The molecule has 1 heterocycles. The molecule has 2 N–H and O–H groups in total. The Hall–Kier alpha value is -0.540. The van der Waals surface area contributed by atoms with Crippen molar-refractivity contribution in [3.8, 4) is 0 Å². The largest absolute Gasteiger partial charge is 0.330 e. The normalized spacial score (nSPS) is 16.5. The molecule has 2 rings (SSSR count). The zero-order valence-corrected chi connectivity index (χ0v) is 8.30. The summed E-state index contributed by atoms with van der Waals surface area (Å²) >= 11 is 6.04. The molecule has 72 valence electrons. The Morgan fingerprint density at radius 3 is 3.00 bits per heavy atom. The van der Waals surface area contributed by atoms with E-state index in [1.54, 1.807) is 6.20 Å². The molecule has 1 aromatic heterocycles. The summed E-state index contributed by atoms with van der Waals surface area (Å²) in [6.45, 7) is 1.61. The Labute approximate surface area is 82.9 Å². The van der Waals surface area contributed by atoms with E-state index in [0.717, 1.165) is 18.0 Å². The molecule has 0 spiro atoms. The van der Waals surface area contributed by atoms with Gasteiger partial charge < -0.3 is 5.73 Å². The van der Waals surface area contributed by atoms with Crippen LogP contribution in [0.2, 0.25) is 5.02 Å². The number of halogens is 1. The highest BCUT2D eigenvalue weighted by Crippen LogP contribution is 2.43. The molecule has 13 heavy (non-hydrogen) atoms. The smallest absolute Gasteiger partial charge is 0.0820 e. The quantitative estimate of drug-likeness (QED) is 0.803. The summed E-state index contributed by atoms with van der Waals surface area (Å²) in [5.74, 6) is 0.660. The van der Waals surface area contributed by atoms with Crippen molar-refractivity contribution >= 4 is 11.6 Å². The summed E-state index contributed by atoms with van der Waals surface area (Å²) in [5, 5.41) is 5.06. The zero-order chi connectivity index (χ0) is 9.26. The molecule has 0 atom stereocenters. The molecular weight excluding hydrogens is 186 g/mol. The third-order valence-corrected chi connectivity index (χ3v) is 2.66. The monoisotopic (exact) mass is 199 g/mol. The van der Waals surface area contributed by atoms with E-state index in [9.17, 15) is 0 Å². The summed E-state index contributed by atoms with van der Waals surface area (Å²) in [5.41, 5.74) is 6.67. The average Bonchev–Trinajstić information content (AvgIpc) is 2.88. The summed E-state index contributed by atoms with van der Waals surface area (Å²) in [7, 11) is 0. The van der Waals surface area contributed by atoms with Gasteiger partial charge in [-0.1, -0.05) is 11.6 Å². The van der Waals surface area contributed by atoms with Crippen LogP contribution in [0.1, 0.15) is 30.9 Å². The second-order valence-corrected chi connectivity index (χ2v) is 3.92. The van der Waals surface area contributed by atoms with Crippen LogP contribution in [0.15, 0.2) is 6.20 Å². The predicted octanol–water partition coefficient (Wildman–Crippen LogP) is 1.76. The van der Waals surface area contributed by atoms with Crippen LogP contribution in [0, 0.1) is 0 Å². The zero-order valence-electron chi connectivity index (χ0n) is 7.54. The number of aromatic nitrogens is 2. The maximum absolute atomic E-state index is 6.04. The lowest BCUT2D eigenvalue weighted by Gasteiger charge is -2.05. The first-order valence-corrected chi connectivity index (χ1v) is 5.12. The van der Waals surface area contributed by atoms with E-state index in [4.69, 9.17) is 17.3 Å². The minimum Gasteiger partial charge on any atom is -0.330 e. The first-order chi connectivity index (χ1) is 6.33. The number of aryl methyl sites for hydroxylation is 1. The van der Waals surface area contributed by atoms with Gasteiger partial charge in [0, 0.05) is 12.5 Å². The second kappa shape index (κ2) is 3.68. The van der Waals surface area contributed by atoms with E-state index in [1.165, 1.54) is 18.5 Å². The number of hydrogen-bond donors (Lipinski definition) is 1. The fourth-order valence-electron chi connectivity index (χ4n) is 1.55. The average molecular weight is 200 g/mol. The van der Waals surface area contributed by atoms with Gasteiger partial charge in [0.25, 0.3) is 0 Å². The van der Waals surface area contributed by atoms with Gasteiger partial charge in [-0.3, -0.25) is 4.68 Å². The second-order valence-electron chi connectivity index (χ2n) is 3.52. The van der Waals surface area contributed by atoms with Crippen molar-refractivity contribution < 1.29 is 0 Å². The summed E-state index contributed by atoms with van der Waals surface area (Å²) in [6.07, 6.45) is 5.23. The van der Waals surface area contributed by atoms with Crippen LogP contribution in [0.25, 0.3) is 0 Å².